The zero-order valence-corrected chi connectivity index (χ0v) is 21.4. The molecule has 0 aromatic heterocycles. The molecule has 0 fully saturated rings. The fourth-order valence-electron chi connectivity index (χ4n) is 3.77. The Morgan fingerprint density at radius 3 is 2.03 bits per heavy atom. The van der Waals surface area contributed by atoms with Crippen molar-refractivity contribution in [1.29, 1.82) is 0 Å². The molecule has 0 spiro atoms. The van der Waals surface area contributed by atoms with Crippen LogP contribution in [0.15, 0.2) is 48.5 Å². The third-order valence-electron chi connectivity index (χ3n) is 5.60. The lowest BCUT2D eigenvalue weighted by molar-refractivity contribution is -0.123. The number of primary amides is 2. The Morgan fingerprint density at radius 1 is 0.778 bits per heavy atom. The summed E-state index contributed by atoms with van der Waals surface area (Å²) in [5.74, 6) is -0.291. The van der Waals surface area contributed by atoms with Gasteiger partial charge in [0.05, 0.1) is 26.4 Å². The molecule has 2 aromatic carbocycles. The van der Waals surface area contributed by atoms with Crippen LogP contribution in [0.1, 0.15) is 49.8 Å². The Morgan fingerprint density at radius 2 is 1.36 bits per heavy atom. The molecule has 0 saturated carbocycles. The van der Waals surface area contributed by atoms with Crippen molar-refractivity contribution >= 4 is 23.4 Å². The average Bonchev–Trinajstić information content (AvgIpc) is 2.83. The first-order valence-electron chi connectivity index (χ1n) is 12.4. The molecule has 2 aromatic rings. The summed E-state index contributed by atoms with van der Waals surface area (Å²) < 4.78 is 10.4. The predicted molar refractivity (Wildman–Crippen MR) is 140 cm³/mol. The number of para-hydroxylation sites is 1. The van der Waals surface area contributed by atoms with Gasteiger partial charge >= 0.3 is 0 Å². The minimum atomic E-state index is -0.445. The van der Waals surface area contributed by atoms with Crippen LogP contribution in [-0.4, -0.2) is 44.1 Å². The summed E-state index contributed by atoms with van der Waals surface area (Å²) in [7, 11) is 0. The van der Waals surface area contributed by atoms with Crippen LogP contribution in [0.25, 0.3) is 0 Å². The molecule has 36 heavy (non-hydrogen) atoms. The van der Waals surface area contributed by atoms with E-state index < -0.39 is 5.91 Å². The highest BCUT2D eigenvalue weighted by Gasteiger charge is 2.22. The van der Waals surface area contributed by atoms with Crippen LogP contribution >= 0.6 is 0 Å². The lowest BCUT2D eigenvalue weighted by Gasteiger charge is -2.28. The number of carbonyl (C=O) groups excluding carboxylic acids is 3. The molecule has 4 N–H and O–H groups in total. The van der Waals surface area contributed by atoms with Gasteiger partial charge in [0, 0.05) is 31.6 Å². The largest absolute Gasteiger partial charge is 0.379 e. The van der Waals surface area contributed by atoms with E-state index in [-0.39, 0.29) is 31.1 Å². The molecule has 3 rings (SSSR count). The molecule has 3 amide bonds. The predicted octanol–water partition coefficient (Wildman–Crippen LogP) is 3.13. The van der Waals surface area contributed by atoms with E-state index in [9.17, 15) is 14.4 Å². The van der Waals surface area contributed by atoms with Gasteiger partial charge in [0.25, 0.3) is 0 Å². The first-order valence-corrected chi connectivity index (χ1v) is 12.4. The van der Waals surface area contributed by atoms with Gasteiger partial charge in [-0.2, -0.15) is 0 Å². The molecule has 1 aliphatic heterocycles. The van der Waals surface area contributed by atoms with Gasteiger partial charge in [0.15, 0.2) is 0 Å². The number of hydrogen-bond donors (Lipinski definition) is 2. The zero-order chi connectivity index (χ0) is 26.3. The van der Waals surface area contributed by atoms with E-state index in [1.54, 1.807) is 4.90 Å². The summed E-state index contributed by atoms with van der Waals surface area (Å²) in [5.41, 5.74) is 14.6. The van der Waals surface area contributed by atoms with E-state index in [1.165, 1.54) is 5.56 Å². The second-order valence-corrected chi connectivity index (χ2v) is 9.14. The van der Waals surface area contributed by atoms with Crippen molar-refractivity contribution in [3.05, 3.63) is 65.2 Å². The minimum absolute atomic E-state index is 0.0621. The third kappa shape index (κ3) is 10.6. The van der Waals surface area contributed by atoms with Gasteiger partial charge in [-0.3, -0.25) is 14.4 Å². The van der Waals surface area contributed by atoms with Crippen molar-refractivity contribution in [2.45, 2.75) is 52.5 Å². The monoisotopic (exact) mass is 497 g/mol. The molecule has 8 heteroatoms. The van der Waals surface area contributed by atoms with E-state index in [0.29, 0.717) is 32.3 Å². The lowest BCUT2D eigenvalue weighted by Crippen LogP contribution is -2.33. The minimum Gasteiger partial charge on any atom is -0.379 e. The van der Waals surface area contributed by atoms with E-state index in [1.807, 2.05) is 30.3 Å². The maximum Gasteiger partial charge on any atom is 0.227 e. The van der Waals surface area contributed by atoms with Gasteiger partial charge in [-0.05, 0) is 41.5 Å². The van der Waals surface area contributed by atoms with Gasteiger partial charge in [0.1, 0.15) is 0 Å². The van der Waals surface area contributed by atoms with Crippen molar-refractivity contribution in [1.82, 2.24) is 0 Å². The van der Waals surface area contributed by atoms with Crippen LogP contribution in [-0.2, 0) is 43.2 Å². The number of anilines is 1. The Labute approximate surface area is 213 Å². The molecule has 0 bridgehead atoms. The smallest absolute Gasteiger partial charge is 0.227 e. The quantitative estimate of drug-likeness (QED) is 0.462. The molecule has 0 atom stereocenters. The molecule has 0 aliphatic carbocycles. The Hall–Kier alpha value is -3.23. The molecule has 1 heterocycles. The van der Waals surface area contributed by atoms with Gasteiger partial charge in [0.2, 0.25) is 17.7 Å². The second-order valence-electron chi connectivity index (χ2n) is 9.14. The molecule has 0 radical (unpaired) electrons. The Kier molecular flexibility index (Phi) is 12.6. The lowest BCUT2D eigenvalue weighted by atomic mass is 9.95. The highest BCUT2D eigenvalue weighted by molar-refractivity contribution is 5.96. The molecular formula is C28H39N3O5. The van der Waals surface area contributed by atoms with Gasteiger partial charge in [-0.15, -0.1) is 0 Å². The number of nitrogens with zero attached hydrogens (tertiary/aromatic N) is 1. The summed E-state index contributed by atoms with van der Waals surface area (Å²) in [6.07, 6.45) is 2.37. The molecule has 8 nitrogen and oxygen atoms in total. The number of carbonyl (C=O) groups is 3. The number of amides is 3. The van der Waals surface area contributed by atoms with Crippen LogP contribution in [0.5, 0.6) is 0 Å². The number of rotatable bonds is 11. The molecule has 196 valence electrons. The topological polar surface area (TPSA) is 125 Å². The van der Waals surface area contributed by atoms with Crippen molar-refractivity contribution in [3.8, 4) is 0 Å². The Bertz CT molecular complexity index is 993. The first kappa shape index (κ1) is 29.0. The summed E-state index contributed by atoms with van der Waals surface area (Å²) in [6.45, 7) is 6.96. The van der Waals surface area contributed by atoms with E-state index >= 15 is 0 Å². The highest BCUT2D eigenvalue weighted by Crippen LogP contribution is 2.29. The number of nitrogens with two attached hydrogens (primary N) is 2. The number of benzene rings is 2. The number of ether oxygens (including phenoxy) is 2. The number of aryl methyl sites for hydroxylation is 2. The molecule has 0 saturated heterocycles. The molecular weight excluding hydrogens is 458 g/mol. The number of hydrogen-bond acceptors (Lipinski definition) is 5. The second kappa shape index (κ2) is 15.7. The Balaban J connectivity index is 0.000000302. The maximum atomic E-state index is 12.7. The van der Waals surface area contributed by atoms with Gasteiger partial charge < -0.3 is 25.8 Å². The first-order chi connectivity index (χ1) is 17.3. The maximum absolute atomic E-state index is 12.7. The fourth-order valence-corrected chi connectivity index (χ4v) is 3.77. The van der Waals surface area contributed by atoms with Crippen LogP contribution in [0, 0.1) is 5.92 Å². The normalized spacial score (nSPS) is 12.5. The van der Waals surface area contributed by atoms with Crippen LogP contribution in [0.2, 0.25) is 0 Å². The van der Waals surface area contributed by atoms with E-state index in [2.05, 4.69) is 32.0 Å². The molecule has 1 aliphatic rings. The number of fused-ring (bicyclic) bond motifs is 2. The summed E-state index contributed by atoms with van der Waals surface area (Å²) in [4.78, 5) is 35.7. The zero-order valence-electron chi connectivity index (χ0n) is 21.4. The van der Waals surface area contributed by atoms with Crippen LogP contribution in [0.4, 0.5) is 5.69 Å². The summed E-state index contributed by atoms with van der Waals surface area (Å²) in [6, 6.07) is 16.2. The van der Waals surface area contributed by atoms with E-state index in [4.69, 9.17) is 20.9 Å². The van der Waals surface area contributed by atoms with Crippen LogP contribution < -0.4 is 16.4 Å². The summed E-state index contributed by atoms with van der Waals surface area (Å²) in [5, 5.41) is 0. The van der Waals surface area contributed by atoms with Crippen molar-refractivity contribution in [2.24, 2.45) is 17.4 Å². The average molecular weight is 498 g/mol. The highest BCUT2D eigenvalue weighted by atomic mass is 16.5. The van der Waals surface area contributed by atoms with Gasteiger partial charge in [-0.25, -0.2) is 0 Å². The SMILES string of the molecule is CC(C)COCCOCCC(N)=O.NC(=O)CCC(=O)N1Cc2ccccc2CCc2ccccc21. The third-order valence-corrected chi connectivity index (χ3v) is 5.60. The van der Waals surface area contributed by atoms with Crippen molar-refractivity contribution < 1.29 is 23.9 Å². The summed E-state index contributed by atoms with van der Waals surface area (Å²) >= 11 is 0. The van der Waals surface area contributed by atoms with Gasteiger partial charge in [-0.1, -0.05) is 56.3 Å². The standard InChI is InChI=1S/C19H20N2O2.C9H19NO3/c20-18(22)11-12-19(23)21-13-16-7-2-1-5-14(16)9-10-15-6-3-4-8-17(15)21;1-8(2)7-13-6-5-12-4-3-9(10)11/h1-8H,9-13H2,(H2,20,22);8H,3-7H2,1-2H3,(H2,10,11). The van der Waals surface area contributed by atoms with E-state index in [0.717, 1.165) is 36.3 Å². The fraction of sp³-hybridized carbons (Fsp3) is 0.464. The van der Waals surface area contributed by atoms with Crippen molar-refractivity contribution in [3.63, 3.8) is 0 Å². The molecule has 0 unspecified atom stereocenters. The van der Waals surface area contributed by atoms with Crippen LogP contribution in [0.3, 0.4) is 0 Å². The van der Waals surface area contributed by atoms with Crippen molar-refractivity contribution in [2.75, 3.05) is 31.3 Å².